The van der Waals surface area contributed by atoms with E-state index in [4.69, 9.17) is 28.9 Å². The maximum atomic E-state index is 6.20. The molecule has 0 aliphatic heterocycles. The number of hydrogen-bond donors (Lipinski definition) is 1. The molecule has 1 atom stereocenters. The maximum Gasteiger partial charge on any atom is 0.0639 e. The monoisotopic (exact) mass is 315 g/mol. The van der Waals surface area contributed by atoms with Gasteiger partial charge in [0, 0.05) is 6.04 Å². The van der Waals surface area contributed by atoms with E-state index in [-0.39, 0.29) is 6.04 Å². The predicted molar refractivity (Wildman–Crippen MR) is 90.6 cm³/mol. The second kappa shape index (κ2) is 10.5. The zero-order valence-corrected chi connectivity index (χ0v) is 14.0. The molecule has 0 radical (unpaired) electrons. The first-order valence-electron chi connectivity index (χ1n) is 7.86. The van der Waals surface area contributed by atoms with Crippen LogP contribution in [-0.2, 0) is 0 Å². The van der Waals surface area contributed by atoms with Crippen molar-refractivity contribution in [2.75, 3.05) is 0 Å². The van der Waals surface area contributed by atoms with Gasteiger partial charge < -0.3 is 5.73 Å². The number of rotatable bonds is 10. The summed E-state index contributed by atoms with van der Waals surface area (Å²) in [5.41, 5.74) is 7.18. The van der Waals surface area contributed by atoms with Crippen LogP contribution in [-0.4, -0.2) is 0 Å². The molecule has 0 aliphatic rings. The number of nitrogens with two attached hydrogens (primary N) is 1. The first kappa shape index (κ1) is 17.8. The Bertz CT molecular complexity index is 379. The van der Waals surface area contributed by atoms with Crippen molar-refractivity contribution in [3.8, 4) is 0 Å². The number of halogens is 2. The van der Waals surface area contributed by atoms with Gasteiger partial charge in [-0.1, -0.05) is 93.6 Å². The van der Waals surface area contributed by atoms with Gasteiger partial charge >= 0.3 is 0 Å². The largest absolute Gasteiger partial charge is 0.324 e. The minimum Gasteiger partial charge on any atom is -0.324 e. The maximum absolute atomic E-state index is 6.20. The molecule has 0 saturated carbocycles. The molecular weight excluding hydrogens is 289 g/mol. The zero-order chi connectivity index (χ0) is 14.8. The van der Waals surface area contributed by atoms with Crippen molar-refractivity contribution in [2.24, 2.45) is 5.73 Å². The molecule has 0 amide bonds. The van der Waals surface area contributed by atoms with Gasteiger partial charge in [-0.05, 0) is 18.1 Å². The summed E-state index contributed by atoms with van der Waals surface area (Å²) in [7, 11) is 0. The van der Waals surface area contributed by atoms with Crippen molar-refractivity contribution < 1.29 is 0 Å². The highest BCUT2D eigenvalue weighted by molar-refractivity contribution is 6.42. The first-order valence-corrected chi connectivity index (χ1v) is 8.62. The van der Waals surface area contributed by atoms with Crippen molar-refractivity contribution in [3.63, 3.8) is 0 Å². The van der Waals surface area contributed by atoms with Crippen LogP contribution in [0.3, 0.4) is 0 Å². The van der Waals surface area contributed by atoms with E-state index in [1.165, 1.54) is 44.9 Å². The van der Waals surface area contributed by atoms with Gasteiger partial charge in [0.15, 0.2) is 0 Å². The molecule has 3 heteroatoms. The van der Waals surface area contributed by atoms with Crippen molar-refractivity contribution in [1.29, 1.82) is 0 Å². The van der Waals surface area contributed by atoms with Crippen LogP contribution < -0.4 is 5.73 Å². The molecule has 1 rings (SSSR count). The average Bonchev–Trinajstić information content (AvgIpc) is 2.44. The Morgan fingerprint density at radius 2 is 1.55 bits per heavy atom. The summed E-state index contributed by atoms with van der Waals surface area (Å²) >= 11 is 12.2. The molecule has 2 N–H and O–H groups in total. The molecule has 0 aromatic heterocycles. The summed E-state index contributed by atoms with van der Waals surface area (Å²) in [6.07, 6.45) is 11.5. The Balaban J connectivity index is 2.17. The number of benzene rings is 1. The summed E-state index contributed by atoms with van der Waals surface area (Å²) < 4.78 is 0. The molecular formula is C17H27Cl2N. The summed E-state index contributed by atoms with van der Waals surface area (Å²) in [4.78, 5) is 0. The lowest BCUT2D eigenvalue weighted by atomic mass is 10.00. The van der Waals surface area contributed by atoms with Crippen molar-refractivity contribution >= 4 is 23.2 Å². The van der Waals surface area contributed by atoms with Crippen molar-refractivity contribution in [1.82, 2.24) is 0 Å². The molecule has 0 heterocycles. The Labute approximate surface area is 133 Å². The third kappa shape index (κ3) is 6.47. The molecule has 1 nitrogen and oxygen atoms in total. The molecule has 1 unspecified atom stereocenters. The molecule has 0 saturated heterocycles. The van der Waals surface area contributed by atoms with E-state index in [1.54, 1.807) is 6.07 Å². The normalized spacial score (nSPS) is 12.6. The fourth-order valence-corrected chi connectivity index (χ4v) is 2.91. The molecule has 1 aromatic rings. The molecule has 0 bridgehead atoms. The lowest BCUT2D eigenvalue weighted by molar-refractivity contribution is 0.536. The summed E-state index contributed by atoms with van der Waals surface area (Å²) in [6, 6.07) is 5.69. The Hall–Kier alpha value is -0.240. The predicted octanol–water partition coefficient (Wildman–Crippen LogP) is 6.52. The van der Waals surface area contributed by atoms with Crippen LogP contribution in [0.15, 0.2) is 18.2 Å². The van der Waals surface area contributed by atoms with Gasteiger partial charge in [-0.25, -0.2) is 0 Å². The molecule has 0 spiro atoms. The van der Waals surface area contributed by atoms with Gasteiger partial charge in [0.25, 0.3) is 0 Å². The molecule has 20 heavy (non-hydrogen) atoms. The number of unbranched alkanes of at least 4 members (excludes halogenated alkanes) is 7. The fraction of sp³-hybridized carbons (Fsp3) is 0.647. The van der Waals surface area contributed by atoms with Gasteiger partial charge in [-0.3, -0.25) is 0 Å². The highest BCUT2D eigenvalue weighted by atomic mass is 35.5. The van der Waals surface area contributed by atoms with Gasteiger partial charge in [-0.2, -0.15) is 0 Å². The van der Waals surface area contributed by atoms with E-state index < -0.39 is 0 Å². The fourth-order valence-electron chi connectivity index (χ4n) is 2.46. The van der Waals surface area contributed by atoms with Crippen LogP contribution >= 0.6 is 23.2 Å². The van der Waals surface area contributed by atoms with Crippen LogP contribution in [0.1, 0.15) is 76.3 Å². The van der Waals surface area contributed by atoms with Gasteiger partial charge in [-0.15, -0.1) is 0 Å². The van der Waals surface area contributed by atoms with Crippen molar-refractivity contribution in [3.05, 3.63) is 33.8 Å². The van der Waals surface area contributed by atoms with E-state index in [0.29, 0.717) is 10.0 Å². The van der Waals surface area contributed by atoms with E-state index in [9.17, 15) is 0 Å². The summed E-state index contributed by atoms with van der Waals surface area (Å²) in [6.45, 7) is 2.25. The molecule has 0 fully saturated rings. The molecule has 1 aromatic carbocycles. The van der Waals surface area contributed by atoms with Gasteiger partial charge in [0.05, 0.1) is 10.0 Å². The molecule has 114 valence electrons. The average molecular weight is 316 g/mol. The Morgan fingerprint density at radius 3 is 2.20 bits per heavy atom. The van der Waals surface area contributed by atoms with E-state index >= 15 is 0 Å². The second-order valence-electron chi connectivity index (χ2n) is 5.51. The second-order valence-corrected chi connectivity index (χ2v) is 6.30. The lowest BCUT2D eigenvalue weighted by Gasteiger charge is -2.14. The van der Waals surface area contributed by atoms with Crippen LogP contribution in [0.4, 0.5) is 0 Å². The van der Waals surface area contributed by atoms with E-state index in [2.05, 4.69) is 6.92 Å². The third-order valence-corrected chi connectivity index (χ3v) is 4.58. The third-order valence-electron chi connectivity index (χ3n) is 3.75. The minimum atomic E-state index is 0.00120. The highest BCUT2D eigenvalue weighted by Gasteiger charge is 2.11. The SMILES string of the molecule is CCCCCCCCCCC(N)c1cccc(Cl)c1Cl. The van der Waals surface area contributed by atoms with Crippen LogP contribution in [0, 0.1) is 0 Å². The van der Waals surface area contributed by atoms with Crippen LogP contribution in [0.2, 0.25) is 10.0 Å². The topological polar surface area (TPSA) is 26.0 Å². The zero-order valence-electron chi connectivity index (χ0n) is 12.5. The van der Waals surface area contributed by atoms with Gasteiger partial charge in [0.2, 0.25) is 0 Å². The van der Waals surface area contributed by atoms with E-state index in [1.807, 2.05) is 12.1 Å². The Kier molecular flexibility index (Phi) is 9.33. The lowest BCUT2D eigenvalue weighted by Crippen LogP contribution is -2.10. The van der Waals surface area contributed by atoms with E-state index in [0.717, 1.165) is 18.4 Å². The van der Waals surface area contributed by atoms with Crippen LogP contribution in [0.25, 0.3) is 0 Å². The highest BCUT2D eigenvalue weighted by Crippen LogP contribution is 2.31. The van der Waals surface area contributed by atoms with Crippen molar-refractivity contribution in [2.45, 2.75) is 70.8 Å². The van der Waals surface area contributed by atoms with Crippen LogP contribution in [0.5, 0.6) is 0 Å². The standard InChI is InChI=1S/C17H27Cl2N/c1-2-3-4-5-6-7-8-9-13-16(20)14-11-10-12-15(18)17(14)19/h10-12,16H,2-9,13,20H2,1H3. The number of hydrogen-bond acceptors (Lipinski definition) is 1. The van der Waals surface area contributed by atoms with Gasteiger partial charge in [0.1, 0.15) is 0 Å². The Morgan fingerprint density at radius 1 is 0.950 bits per heavy atom. The summed E-state index contributed by atoms with van der Waals surface area (Å²) in [5, 5.41) is 1.21. The quantitative estimate of drug-likeness (QED) is 0.488. The first-order chi connectivity index (χ1) is 9.66. The smallest absolute Gasteiger partial charge is 0.0639 e. The molecule has 0 aliphatic carbocycles. The minimum absolute atomic E-state index is 0.00120. The summed E-state index contributed by atoms with van der Waals surface area (Å²) in [5.74, 6) is 0.